The zero-order valence-corrected chi connectivity index (χ0v) is 22.9. The lowest BCUT2D eigenvalue weighted by atomic mass is 9.85. The van der Waals surface area contributed by atoms with Gasteiger partial charge in [-0.15, -0.1) is 0 Å². The van der Waals surface area contributed by atoms with Crippen LogP contribution in [0.1, 0.15) is 43.7 Å². The molecule has 2 atom stereocenters. The molecule has 1 amide bonds. The van der Waals surface area contributed by atoms with Gasteiger partial charge in [0.05, 0.1) is 10.6 Å². The minimum atomic E-state index is 0.0599. The average molecular weight is 533 g/mol. The smallest absolute Gasteiger partial charge is 0.267 e. The van der Waals surface area contributed by atoms with Crippen molar-refractivity contribution in [2.24, 2.45) is 10.9 Å². The molecule has 0 N–H and O–H groups in total. The molecule has 39 heavy (non-hydrogen) atoms. The Morgan fingerprint density at radius 1 is 0.897 bits per heavy atom. The Balaban J connectivity index is 1.21. The first-order chi connectivity index (χ1) is 19.2. The summed E-state index contributed by atoms with van der Waals surface area (Å²) in [7, 11) is 0. The van der Waals surface area contributed by atoms with Crippen molar-refractivity contribution in [1.29, 1.82) is 0 Å². The summed E-state index contributed by atoms with van der Waals surface area (Å²) >= 11 is 1.48. The lowest BCUT2D eigenvalue weighted by Crippen LogP contribution is -2.44. The number of nitrogens with zero attached hydrogens (tertiary/aromatic N) is 2. The van der Waals surface area contributed by atoms with Gasteiger partial charge in [-0.25, -0.2) is 4.99 Å². The summed E-state index contributed by atoms with van der Waals surface area (Å²) in [6, 6.07) is 32.7. The van der Waals surface area contributed by atoms with Crippen molar-refractivity contribution in [3.8, 4) is 5.75 Å². The van der Waals surface area contributed by atoms with Crippen LogP contribution >= 0.6 is 11.8 Å². The molecule has 0 bridgehead atoms. The number of rotatable bonds is 6. The second-order valence-corrected chi connectivity index (χ2v) is 11.3. The van der Waals surface area contributed by atoms with E-state index in [0.717, 1.165) is 47.0 Å². The highest BCUT2D eigenvalue weighted by molar-refractivity contribution is 8.18. The molecule has 0 radical (unpaired) electrons. The minimum Gasteiger partial charge on any atom is -0.489 e. The molecule has 196 valence electrons. The molecule has 0 aromatic heterocycles. The van der Waals surface area contributed by atoms with Crippen molar-refractivity contribution in [3.63, 3.8) is 0 Å². The number of hydrogen-bond acceptors (Lipinski definition) is 4. The Morgan fingerprint density at radius 2 is 1.64 bits per heavy atom. The predicted molar refractivity (Wildman–Crippen MR) is 162 cm³/mol. The summed E-state index contributed by atoms with van der Waals surface area (Å²) in [5.74, 6) is 1.32. The zero-order valence-electron chi connectivity index (χ0n) is 22.1. The maximum atomic E-state index is 13.7. The molecule has 4 aromatic carbocycles. The first-order valence-electron chi connectivity index (χ1n) is 13.7. The SMILES string of the molecule is C[C@H]1CCCC[C@@H]1N1C(=O)/C(=C/c2ccc(OCc3cccc4ccccc34)cc2)SC1=Nc1ccccc1. The van der Waals surface area contributed by atoms with Crippen molar-refractivity contribution in [2.45, 2.75) is 45.3 Å². The third kappa shape index (κ3) is 5.64. The van der Waals surface area contributed by atoms with Gasteiger partial charge in [0.15, 0.2) is 5.17 Å². The van der Waals surface area contributed by atoms with Crippen LogP contribution < -0.4 is 4.74 Å². The third-order valence-corrected chi connectivity index (χ3v) is 8.65. The Morgan fingerprint density at radius 3 is 2.46 bits per heavy atom. The van der Waals surface area contributed by atoms with E-state index in [-0.39, 0.29) is 11.9 Å². The fraction of sp³-hybridized carbons (Fsp3) is 0.235. The minimum absolute atomic E-state index is 0.0599. The molecule has 4 nitrogen and oxygen atoms in total. The van der Waals surface area contributed by atoms with Gasteiger partial charge in [-0.3, -0.25) is 9.69 Å². The molecule has 4 aromatic rings. The average Bonchev–Trinajstić information content (AvgIpc) is 3.27. The number of fused-ring (bicyclic) bond motifs is 1. The second kappa shape index (κ2) is 11.5. The molecule has 1 saturated heterocycles. The molecule has 0 unspecified atom stereocenters. The number of benzene rings is 4. The van der Waals surface area contributed by atoms with Crippen molar-refractivity contribution in [2.75, 3.05) is 0 Å². The maximum absolute atomic E-state index is 13.7. The number of aliphatic imine (C=N–C) groups is 1. The van der Waals surface area contributed by atoms with E-state index in [0.29, 0.717) is 17.4 Å². The highest BCUT2D eigenvalue weighted by Gasteiger charge is 2.41. The molecule has 1 aliphatic heterocycles. The number of amides is 1. The van der Waals surface area contributed by atoms with Gasteiger partial charge in [0, 0.05) is 6.04 Å². The van der Waals surface area contributed by atoms with Crippen LogP contribution in [0.3, 0.4) is 0 Å². The van der Waals surface area contributed by atoms with Crippen LogP contribution in [0, 0.1) is 5.92 Å². The fourth-order valence-electron chi connectivity index (χ4n) is 5.54. The molecule has 2 aliphatic rings. The molecule has 1 heterocycles. The molecular formula is C34H32N2O2S. The largest absolute Gasteiger partial charge is 0.489 e. The molecular weight excluding hydrogens is 500 g/mol. The Labute approximate surface area is 234 Å². The van der Waals surface area contributed by atoms with E-state index in [4.69, 9.17) is 9.73 Å². The van der Waals surface area contributed by atoms with Crippen molar-refractivity contribution < 1.29 is 9.53 Å². The number of carbonyl (C=O) groups excluding carboxylic acids is 1. The van der Waals surface area contributed by atoms with Crippen LogP contribution in [0.5, 0.6) is 5.75 Å². The lowest BCUT2D eigenvalue weighted by Gasteiger charge is -2.35. The summed E-state index contributed by atoms with van der Waals surface area (Å²) in [5.41, 5.74) is 3.01. The number of ether oxygens (including phenoxy) is 1. The number of hydrogen-bond donors (Lipinski definition) is 0. The van der Waals surface area contributed by atoms with Gasteiger partial charge in [-0.05, 0) is 82.8 Å². The van der Waals surface area contributed by atoms with Gasteiger partial charge in [0.2, 0.25) is 0 Å². The van der Waals surface area contributed by atoms with Crippen LogP contribution in [0.15, 0.2) is 107 Å². The lowest BCUT2D eigenvalue weighted by molar-refractivity contribution is -0.124. The molecule has 1 aliphatic carbocycles. The summed E-state index contributed by atoms with van der Waals surface area (Å²) in [6.07, 6.45) is 6.54. The fourth-order valence-corrected chi connectivity index (χ4v) is 6.59. The van der Waals surface area contributed by atoms with Gasteiger partial charge < -0.3 is 4.74 Å². The van der Waals surface area contributed by atoms with Gasteiger partial charge in [0.1, 0.15) is 12.4 Å². The summed E-state index contributed by atoms with van der Waals surface area (Å²) < 4.78 is 6.12. The van der Waals surface area contributed by atoms with E-state index in [2.05, 4.69) is 49.4 Å². The van der Waals surface area contributed by atoms with E-state index in [1.807, 2.05) is 65.6 Å². The van der Waals surface area contributed by atoms with Crippen LogP contribution in [0.4, 0.5) is 5.69 Å². The standard InChI is InChI=1S/C34H32N2O2S/c1-24-10-5-8-17-31(24)36-33(37)32(39-34(36)35-28-14-3-2-4-15-28)22-25-18-20-29(21-19-25)38-23-27-13-9-12-26-11-6-7-16-30(26)27/h2-4,6-7,9,11-16,18-22,24,31H,5,8,10,17,23H2,1H3/b32-22-,35-34?/t24-,31-/m0/s1. The van der Waals surface area contributed by atoms with Crippen molar-refractivity contribution >= 4 is 45.4 Å². The quantitative estimate of drug-likeness (QED) is 0.234. The van der Waals surface area contributed by atoms with Crippen molar-refractivity contribution in [1.82, 2.24) is 4.90 Å². The Bertz CT molecular complexity index is 1520. The molecule has 6 rings (SSSR count). The Kier molecular flexibility index (Phi) is 7.51. The van der Waals surface area contributed by atoms with E-state index in [1.165, 1.54) is 29.0 Å². The normalized spacial score (nSPS) is 21.7. The van der Waals surface area contributed by atoms with E-state index >= 15 is 0 Å². The van der Waals surface area contributed by atoms with Crippen LogP contribution in [-0.4, -0.2) is 22.0 Å². The summed E-state index contributed by atoms with van der Waals surface area (Å²) in [6.45, 7) is 2.77. The zero-order chi connectivity index (χ0) is 26.6. The first-order valence-corrected chi connectivity index (χ1v) is 14.5. The van der Waals surface area contributed by atoms with Crippen LogP contribution in [-0.2, 0) is 11.4 Å². The summed E-state index contributed by atoms with van der Waals surface area (Å²) in [5, 5.41) is 3.21. The monoisotopic (exact) mass is 532 g/mol. The van der Waals surface area contributed by atoms with Gasteiger partial charge in [-0.2, -0.15) is 0 Å². The summed E-state index contributed by atoms with van der Waals surface area (Å²) in [4.78, 5) is 21.3. The number of amidine groups is 1. The maximum Gasteiger partial charge on any atom is 0.267 e. The second-order valence-electron chi connectivity index (χ2n) is 10.3. The molecule has 5 heteroatoms. The van der Waals surface area contributed by atoms with E-state index in [9.17, 15) is 4.79 Å². The van der Waals surface area contributed by atoms with Crippen LogP contribution in [0.2, 0.25) is 0 Å². The van der Waals surface area contributed by atoms with Crippen molar-refractivity contribution in [3.05, 3.63) is 113 Å². The molecule has 2 fully saturated rings. The highest BCUT2D eigenvalue weighted by atomic mass is 32.2. The van der Waals surface area contributed by atoms with E-state index < -0.39 is 0 Å². The van der Waals surface area contributed by atoms with Gasteiger partial charge in [-0.1, -0.05) is 92.6 Å². The third-order valence-electron chi connectivity index (χ3n) is 7.67. The predicted octanol–water partition coefficient (Wildman–Crippen LogP) is 8.60. The first kappa shape index (κ1) is 25.4. The highest BCUT2D eigenvalue weighted by Crippen LogP contribution is 2.40. The van der Waals surface area contributed by atoms with Gasteiger partial charge >= 0.3 is 0 Å². The van der Waals surface area contributed by atoms with Gasteiger partial charge in [0.25, 0.3) is 5.91 Å². The molecule has 0 spiro atoms. The Hall–Kier alpha value is -3.83. The number of carbonyl (C=O) groups is 1. The topological polar surface area (TPSA) is 41.9 Å². The van der Waals surface area contributed by atoms with Crippen LogP contribution in [0.25, 0.3) is 16.8 Å². The molecule has 1 saturated carbocycles. The number of thioether (sulfide) groups is 1. The van der Waals surface area contributed by atoms with E-state index in [1.54, 1.807) is 0 Å². The number of para-hydroxylation sites is 1.